The smallest absolute Gasteiger partial charge is 0.311 e. The predicted octanol–water partition coefficient (Wildman–Crippen LogP) is 5.03. The van der Waals surface area contributed by atoms with Crippen LogP contribution in [0.15, 0.2) is 48.8 Å². The molecule has 3 aromatic rings. The molecular formula is C21H22N4O3. The van der Waals surface area contributed by atoms with Crippen molar-refractivity contribution in [2.75, 3.05) is 5.32 Å². The predicted molar refractivity (Wildman–Crippen MR) is 108 cm³/mol. The molecule has 1 saturated carbocycles. The van der Waals surface area contributed by atoms with Crippen LogP contribution in [0.3, 0.4) is 0 Å². The fourth-order valence-corrected chi connectivity index (χ4v) is 3.64. The molecule has 1 aromatic heterocycles. The van der Waals surface area contributed by atoms with Gasteiger partial charge >= 0.3 is 5.69 Å². The number of anilines is 1. The topological polar surface area (TPSA) is 90.2 Å². The minimum atomic E-state index is -0.402. The third kappa shape index (κ3) is 3.74. The maximum Gasteiger partial charge on any atom is 0.311 e. The molecule has 28 heavy (non-hydrogen) atoms. The van der Waals surface area contributed by atoms with E-state index in [4.69, 9.17) is 4.74 Å². The van der Waals surface area contributed by atoms with Crippen molar-refractivity contribution in [2.24, 2.45) is 0 Å². The average molecular weight is 378 g/mol. The zero-order valence-electron chi connectivity index (χ0n) is 15.7. The molecule has 1 heterocycles. The largest absolute Gasteiger partial charge is 0.483 e. The third-order valence-electron chi connectivity index (χ3n) is 5.16. The number of rotatable bonds is 6. The second-order valence-corrected chi connectivity index (χ2v) is 7.12. The summed E-state index contributed by atoms with van der Waals surface area (Å²) in [6.45, 7) is 2.02. The lowest BCUT2D eigenvalue weighted by Gasteiger charge is -2.17. The van der Waals surface area contributed by atoms with Gasteiger partial charge < -0.3 is 10.1 Å². The lowest BCUT2D eigenvalue weighted by atomic mass is 10.1. The van der Waals surface area contributed by atoms with Crippen molar-refractivity contribution in [1.82, 2.24) is 9.97 Å². The van der Waals surface area contributed by atoms with E-state index in [1.165, 1.54) is 12.4 Å². The number of nitrogens with one attached hydrogen (secondary N) is 1. The highest BCUT2D eigenvalue weighted by atomic mass is 16.6. The maximum atomic E-state index is 11.7. The number of hydrogen-bond acceptors (Lipinski definition) is 6. The van der Waals surface area contributed by atoms with E-state index in [1.807, 2.05) is 37.3 Å². The van der Waals surface area contributed by atoms with Crippen LogP contribution in [-0.2, 0) is 0 Å². The second kappa shape index (κ2) is 7.80. The highest BCUT2D eigenvalue weighted by molar-refractivity contribution is 5.92. The van der Waals surface area contributed by atoms with Crippen molar-refractivity contribution in [1.29, 1.82) is 0 Å². The molecule has 1 N–H and O–H groups in total. The van der Waals surface area contributed by atoms with E-state index in [0.29, 0.717) is 16.7 Å². The summed E-state index contributed by atoms with van der Waals surface area (Å²) < 4.78 is 5.94. The van der Waals surface area contributed by atoms with Crippen molar-refractivity contribution in [3.8, 4) is 5.75 Å². The Hall–Kier alpha value is -3.22. The van der Waals surface area contributed by atoms with Crippen molar-refractivity contribution in [3.05, 3.63) is 64.5 Å². The average Bonchev–Trinajstić information content (AvgIpc) is 3.21. The van der Waals surface area contributed by atoms with E-state index in [1.54, 1.807) is 6.07 Å². The van der Waals surface area contributed by atoms with Crippen LogP contribution in [0.4, 0.5) is 11.5 Å². The van der Waals surface area contributed by atoms with Crippen LogP contribution in [0, 0.1) is 10.1 Å². The van der Waals surface area contributed by atoms with Crippen molar-refractivity contribution >= 4 is 22.4 Å². The molecule has 0 bridgehead atoms. The van der Waals surface area contributed by atoms with E-state index < -0.39 is 4.92 Å². The van der Waals surface area contributed by atoms with Crippen molar-refractivity contribution in [2.45, 2.75) is 44.8 Å². The Kier molecular flexibility index (Phi) is 5.06. The number of nitro benzene ring substituents is 1. The third-order valence-corrected chi connectivity index (χ3v) is 5.16. The lowest BCUT2D eigenvalue weighted by molar-refractivity contribution is -0.385. The zero-order chi connectivity index (χ0) is 19.5. The molecule has 0 aliphatic heterocycles. The fraction of sp³-hybridized carbons (Fsp3) is 0.333. The fourth-order valence-electron chi connectivity index (χ4n) is 3.64. The normalized spacial score (nSPS) is 15.5. The molecule has 0 saturated heterocycles. The molecule has 0 unspecified atom stereocenters. The Morgan fingerprint density at radius 3 is 2.64 bits per heavy atom. The van der Waals surface area contributed by atoms with Crippen LogP contribution in [0.2, 0.25) is 0 Å². The molecule has 2 aromatic carbocycles. The van der Waals surface area contributed by atoms with Crippen LogP contribution in [0.25, 0.3) is 10.9 Å². The minimum Gasteiger partial charge on any atom is -0.483 e. The van der Waals surface area contributed by atoms with Crippen LogP contribution in [-0.4, -0.2) is 21.0 Å². The summed E-state index contributed by atoms with van der Waals surface area (Å²) in [7, 11) is 0. The van der Waals surface area contributed by atoms with Gasteiger partial charge in [0.15, 0.2) is 5.75 Å². The summed E-state index contributed by atoms with van der Waals surface area (Å²) in [5, 5.41) is 15.6. The van der Waals surface area contributed by atoms with E-state index in [-0.39, 0.29) is 23.6 Å². The highest BCUT2D eigenvalue weighted by Crippen LogP contribution is 2.36. The number of fused-ring (bicyclic) bond motifs is 1. The molecule has 144 valence electrons. The van der Waals surface area contributed by atoms with E-state index in [0.717, 1.165) is 31.2 Å². The first kappa shape index (κ1) is 18.2. The standard InChI is InChI=1S/C21H22N4O3/c1-14(15-7-3-2-4-8-15)24-21-17-11-19(25(26)27)20(12-18(17)22-13-23-21)28-16-9-5-6-10-16/h2-4,7-8,11-14,16H,5-6,9-10H2,1H3,(H,22,23,24)/t14-/m1/s1. The first-order valence-electron chi connectivity index (χ1n) is 9.53. The molecule has 1 aliphatic rings. The van der Waals surface area contributed by atoms with Gasteiger partial charge in [0.25, 0.3) is 0 Å². The Labute approximate surface area is 162 Å². The molecule has 7 heteroatoms. The van der Waals surface area contributed by atoms with E-state index in [2.05, 4.69) is 15.3 Å². The van der Waals surface area contributed by atoms with Gasteiger partial charge in [0.1, 0.15) is 12.1 Å². The minimum absolute atomic E-state index is 0.00669. The van der Waals surface area contributed by atoms with E-state index in [9.17, 15) is 10.1 Å². The van der Waals surface area contributed by atoms with Gasteiger partial charge in [-0.2, -0.15) is 0 Å². The van der Waals surface area contributed by atoms with Crippen LogP contribution in [0.5, 0.6) is 5.75 Å². The SMILES string of the molecule is C[C@@H](Nc1ncnc2cc(OC3CCCC3)c([N+](=O)[O-])cc12)c1ccccc1. The summed E-state index contributed by atoms with van der Waals surface area (Å²) in [4.78, 5) is 19.9. The molecular weight excluding hydrogens is 356 g/mol. The maximum absolute atomic E-state index is 11.7. The van der Waals surface area contributed by atoms with Gasteiger partial charge in [-0.05, 0) is 38.2 Å². The Morgan fingerprint density at radius 2 is 1.93 bits per heavy atom. The first-order chi connectivity index (χ1) is 13.6. The number of aromatic nitrogens is 2. The second-order valence-electron chi connectivity index (χ2n) is 7.12. The number of nitrogens with zero attached hydrogens (tertiary/aromatic N) is 3. The summed E-state index contributed by atoms with van der Waals surface area (Å²) in [6.07, 6.45) is 5.56. The number of benzene rings is 2. The van der Waals surface area contributed by atoms with E-state index >= 15 is 0 Å². The van der Waals surface area contributed by atoms with Gasteiger partial charge in [-0.15, -0.1) is 0 Å². The van der Waals surface area contributed by atoms with Gasteiger partial charge in [0.2, 0.25) is 0 Å². The molecule has 4 rings (SSSR count). The molecule has 0 spiro atoms. The molecule has 7 nitrogen and oxygen atoms in total. The summed E-state index contributed by atoms with van der Waals surface area (Å²) in [5.41, 5.74) is 1.67. The molecule has 1 atom stereocenters. The quantitative estimate of drug-likeness (QED) is 0.478. The Bertz CT molecular complexity index is 988. The highest BCUT2D eigenvalue weighted by Gasteiger charge is 2.24. The van der Waals surface area contributed by atoms with Gasteiger partial charge in [0.05, 0.1) is 16.5 Å². The molecule has 0 amide bonds. The van der Waals surface area contributed by atoms with Crippen LogP contribution >= 0.6 is 0 Å². The summed E-state index contributed by atoms with van der Waals surface area (Å²) in [5.74, 6) is 0.849. The number of ether oxygens (including phenoxy) is 1. The first-order valence-corrected chi connectivity index (χ1v) is 9.53. The Balaban J connectivity index is 1.70. The van der Waals surface area contributed by atoms with Crippen molar-refractivity contribution in [3.63, 3.8) is 0 Å². The van der Waals surface area contributed by atoms with Gasteiger partial charge in [-0.1, -0.05) is 30.3 Å². The van der Waals surface area contributed by atoms with Gasteiger partial charge in [-0.3, -0.25) is 10.1 Å². The van der Waals surface area contributed by atoms with Crippen molar-refractivity contribution < 1.29 is 9.66 Å². The number of nitro groups is 1. The van der Waals surface area contributed by atoms with Crippen LogP contribution < -0.4 is 10.1 Å². The molecule has 0 radical (unpaired) electrons. The van der Waals surface area contributed by atoms with Crippen LogP contribution in [0.1, 0.15) is 44.2 Å². The number of hydrogen-bond donors (Lipinski definition) is 1. The Morgan fingerprint density at radius 1 is 1.18 bits per heavy atom. The monoisotopic (exact) mass is 378 g/mol. The summed E-state index contributed by atoms with van der Waals surface area (Å²) >= 11 is 0. The molecule has 1 fully saturated rings. The van der Waals surface area contributed by atoms with Gasteiger partial charge in [0, 0.05) is 23.6 Å². The van der Waals surface area contributed by atoms with Gasteiger partial charge in [-0.25, -0.2) is 9.97 Å². The lowest BCUT2D eigenvalue weighted by Crippen LogP contribution is -2.12. The summed E-state index contributed by atoms with van der Waals surface area (Å²) in [6, 6.07) is 13.1. The zero-order valence-corrected chi connectivity index (χ0v) is 15.7. The molecule has 1 aliphatic carbocycles.